The topological polar surface area (TPSA) is 181 Å². The quantitative estimate of drug-likeness (QED) is 0.145. The van der Waals surface area contributed by atoms with Gasteiger partial charge in [0.25, 0.3) is 0 Å². The van der Waals surface area contributed by atoms with Crippen molar-refractivity contribution in [1.82, 2.24) is 19.9 Å². The van der Waals surface area contributed by atoms with Gasteiger partial charge in [0.15, 0.2) is 34.3 Å². The Kier molecular flexibility index (Phi) is 12.0. The summed E-state index contributed by atoms with van der Waals surface area (Å²) < 4.78 is 41.5. The van der Waals surface area contributed by atoms with Crippen molar-refractivity contribution < 1.29 is 37.7 Å². The SMILES string of the molecule is COC(=O)c1nc(C#N)c2cc(Cc3ccc(F)cc3)cnc2c1O.COC(=O)c1nc(C#N)c2cc(Cc3ccc(F)cc3)cnc2c1OCc1ccccc1. The summed E-state index contributed by atoms with van der Waals surface area (Å²) in [5.41, 5.74) is 4.19. The minimum absolute atomic E-state index is 0.0401. The number of benzene rings is 3. The van der Waals surface area contributed by atoms with Crippen molar-refractivity contribution >= 4 is 33.7 Å². The first-order valence-corrected chi connectivity index (χ1v) is 17.1. The number of carbonyl (C=O) groups is 2. The van der Waals surface area contributed by atoms with Crippen molar-refractivity contribution in [3.05, 3.63) is 166 Å². The van der Waals surface area contributed by atoms with E-state index in [0.717, 1.165) is 34.9 Å². The molecule has 12 nitrogen and oxygen atoms in total. The molecule has 1 N–H and O–H groups in total. The van der Waals surface area contributed by atoms with Crippen LogP contribution >= 0.6 is 0 Å². The van der Waals surface area contributed by atoms with E-state index in [4.69, 9.17) is 9.47 Å². The van der Waals surface area contributed by atoms with Crippen LogP contribution in [-0.4, -0.2) is 51.2 Å². The molecule has 14 heteroatoms. The Morgan fingerprint density at radius 1 is 0.649 bits per heavy atom. The zero-order valence-corrected chi connectivity index (χ0v) is 30.4. The first-order chi connectivity index (χ1) is 27.6. The second-order valence-corrected chi connectivity index (χ2v) is 12.4. The smallest absolute Gasteiger partial charge is 0.360 e. The zero-order valence-electron chi connectivity index (χ0n) is 30.4. The fourth-order valence-corrected chi connectivity index (χ4v) is 5.80. The average molecular weight is 765 g/mol. The summed E-state index contributed by atoms with van der Waals surface area (Å²) in [7, 11) is 2.39. The summed E-state index contributed by atoms with van der Waals surface area (Å²) in [6.07, 6.45) is 4.12. The number of pyridine rings is 4. The highest BCUT2D eigenvalue weighted by Gasteiger charge is 2.24. The Balaban J connectivity index is 0.000000199. The fraction of sp³-hybridized carbons (Fsp3) is 0.116. The van der Waals surface area contributed by atoms with Gasteiger partial charge in [0.05, 0.1) is 14.2 Å². The highest BCUT2D eigenvalue weighted by atomic mass is 19.1. The van der Waals surface area contributed by atoms with Crippen LogP contribution in [0.4, 0.5) is 8.78 Å². The molecule has 4 heterocycles. The normalized spacial score (nSPS) is 10.5. The second kappa shape index (κ2) is 17.5. The van der Waals surface area contributed by atoms with Crippen LogP contribution in [-0.2, 0) is 28.9 Å². The summed E-state index contributed by atoms with van der Waals surface area (Å²) in [5.74, 6) is -2.48. The first-order valence-electron chi connectivity index (χ1n) is 17.1. The minimum Gasteiger partial charge on any atom is -0.504 e. The van der Waals surface area contributed by atoms with Crippen LogP contribution in [0.2, 0.25) is 0 Å². The van der Waals surface area contributed by atoms with Gasteiger partial charge in [-0.3, -0.25) is 9.97 Å². The van der Waals surface area contributed by atoms with E-state index in [1.54, 1.807) is 42.6 Å². The van der Waals surface area contributed by atoms with Gasteiger partial charge < -0.3 is 19.3 Å². The van der Waals surface area contributed by atoms with E-state index in [9.17, 15) is 34.0 Å². The van der Waals surface area contributed by atoms with E-state index in [2.05, 4.69) is 24.7 Å². The van der Waals surface area contributed by atoms with Crippen LogP contribution in [0.3, 0.4) is 0 Å². The highest BCUT2D eigenvalue weighted by Crippen LogP contribution is 2.32. The summed E-state index contributed by atoms with van der Waals surface area (Å²) in [5, 5.41) is 29.9. The Hall–Kier alpha value is -7.84. The predicted octanol–water partition coefficient (Wildman–Crippen LogP) is 7.32. The van der Waals surface area contributed by atoms with Gasteiger partial charge in [-0.2, -0.15) is 10.5 Å². The number of nitrogens with zero attached hydrogens (tertiary/aromatic N) is 6. The van der Waals surface area contributed by atoms with Crippen LogP contribution in [0.1, 0.15) is 60.2 Å². The van der Waals surface area contributed by atoms with Crippen LogP contribution in [0, 0.1) is 34.3 Å². The van der Waals surface area contributed by atoms with Crippen LogP contribution in [0.25, 0.3) is 21.8 Å². The van der Waals surface area contributed by atoms with E-state index in [0.29, 0.717) is 29.1 Å². The molecule has 0 aliphatic carbocycles. The number of carbonyl (C=O) groups excluding carboxylic acids is 2. The van der Waals surface area contributed by atoms with Gasteiger partial charge in [0, 0.05) is 23.2 Å². The van der Waals surface area contributed by atoms with E-state index < -0.39 is 17.7 Å². The van der Waals surface area contributed by atoms with Crippen molar-refractivity contribution in [3.8, 4) is 23.6 Å². The summed E-state index contributed by atoms with van der Waals surface area (Å²) >= 11 is 0. The summed E-state index contributed by atoms with van der Waals surface area (Å²) in [6, 6.07) is 29.0. The molecule has 0 saturated heterocycles. The van der Waals surface area contributed by atoms with Crippen molar-refractivity contribution in [2.24, 2.45) is 0 Å². The number of hydrogen-bond donors (Lipinski definition) is 1. The van der Waals surface area contributed by atoms with E-state index in [1.807, 2.05) is 42.5 Å². The minimum atomic E-state index is -0.854. The number of aromatic hydroxyl groups is 1. The average Bonchev–Trinajstić information content (AvgIpc) is 3.24. The largest absolute Gasteiger partial charge is 0.504 e. The van der Waals surface area contributed by atoms with Gasteiger partial charge in [-0.05, 0) is 77.1 Å². The molecule has 0 aliphatic rings. The van der Waals surface area contributed by atoms with Crippen LogP contribution < -0.4 is 4.74 Å². The molecule has 57 heavy (non-hydrogen) atoms. The lowest BCUT2D eigenvalue weighted by Gasteiger charge is -2.14. The second-order valence-electron chi connectivity index (χ2n) is 12.4. The summed E-state index contributed by atoms with van der Waals surface area (Å²) in [6.45, 7) is 0.187. The van der Waals surface area contributed by atoms with Gasteiger partial charge in [-0.25, -0.2) is 28.3 Å². The van der Waals surface area contributed by atoms with Crippen molar-refractivity contribution in [2.75, 3.05) is 14.2 Å². The molecule has 3 aromatic carbocycles. The van der Waals surface area contributed by atoms with E-state index >= 15 is 0 Å². The van der Waals surface area contributed by atoms with E-state index in [-0.39, 0.29) is 52.3 Å². The molecular weight excluding hydrogens is 735 g/mol. The van der Waals surface area contributed by atoms with E-state index in [1.165, 1.54) is 37.6 Å². The van der Waals surface area contributed by atoms with Gasteiger partial charge in [0.1, 0.15) is 41.4 Å². The number of aromatic nitrogens is 4. The Bertz CT molecular complexity index is 2700. The standard InChI is InChI=1S/C25H18FN3O3.C18H12FN3O3/c1-31-25(30)23-24(32-15-17-5-3-2-4-6-17)22-20(21(13-27)29-23)12-18(14-28-22)11-16-7-9-19(26)10-8-16;1-25-18(24)16-17(23)15-13(14(8-20)22-16)7-11(9-21-15)6-10-2-4-12(19)5-3-10/h2-10,12,14H,11,15H2,1H3;2-5,7,9,23H,6H2,1H3. The molecule has 7 rings (SSSR count). The van der Waals surface area contributed by atoms with Crippen molar-refractivity contribution in [2.45, 2.75) is 19.4 Å². The zero-order chi connectivity index (χ0) is 40.5. The lowest BCUT2D eigenvalue weighted by Crippen LogP contribution is -2.11. The Morgan fingerprint density at radius 3 is 1.63 bits per heavy atom. The van der Waals surface area contributed by atoms with Crippen LogP contribution in [0.5, 0.6) is 11.5 Å². The maximum Gasteiger partial charge on any atom is 0.360 e. The van der Waals surface area contributed by atoms with Gasteiger partial charge in [-0.15, -0.1) is 0 Å². The van der Waals surface area contributed by atoms with Crippen molar-refractivity contribution in [3.63, 3.8) is 0 Å². The molecular formula is C43H30F2N6O6. The third kappa shape index (κ3) is 8.94. The van der Waals surface area contributed by atoms with Gasteiger partial charge in [-0.1, -0.05) is 54.6 Å². The predicted molar refractivity (Wildman–Crippen MR) is 202 cm³/mol. The number of fused-ring (bicyclic) bond motifs is 2. The number of ether oxygens (including phenoxy) is 3. The molecule has 0 fully saturated rings. The molecule has 0 aliphatic heterocycles. The lowest BCUT2D eigenvalue weighted by molar-refractivity contribution is 0.0580. The monoisotopic (exact) mass is 764 g/mol. The Morgan fingerprint density at radius 2 is 1.12 bits per heavy atom. The third-order valence-corrected chi connectivity index (χ3v) is 8.56. The Labute approximate surface area is 324 Å². The maximum atomic E-state index is 13.2. The molecule has 0 unspecified atom stereocenters. The maximum absolute atomic E-state index is 13.2. The molecule has 4 aromatic heterocycles. The van der Waals surface area contributed by atoms with Gasteiger partial charge >= 0.3 is 11.9 Å². The number of rotatable bonds is 9. The molecule has 0 bridgehead atoms. The lowest BCUT2D eigenvalue weighted by atomic mass is 10.0. The molecule has 0 radical (unpaired) electrons. The highest BCUT2D eigenvalue weighted by molar-refractivity contribution is 6.00. The number of methoxy groups -OCH3 is 2. The molecule has 0 saturated carbocycles. The van der Waals surface area contributed by atoms with Crippen LogP contribution in [0.15, 0.2) is 103 Å². The number of halogens is 2. The number of nitriles is 2. The molecule has 0 atom stereocenters. The summed E-state index contributed by atoms with van der Waals surface area (Å²) in [4.78, 5) is 40.8. The molecule has 0 amide bonds. The molecule has 282 valence electrons. The third-order valence-electron chi connectivity index (χ3n) is 8.56. The molecule has 0 spiro atoms. The first kappa shape index (κ1) is 38.9. The fourth-order valence-electron chi connectivity index (χ4n) is 5.80. The number of hydrogen-bond acceptors (Lipinski definition) is 12. The van der Waals surface area contributed by atoms with Gasteiger partial charge in [0.2, 0.25) is 0 Å². The number of esters is 2. The van der Waals surface area contributed by atoms with Crippen molar-refractivity contribution in [1.29, 1.82) is 10.5 Å². The molecule has 7 aromatic rings.